The molecule has 1 heterocycles. The number of rotatable bonds is 5. The second-order valence-corrected chi connectivity index (χ2v) is 5.55. The molecule has 0 spiro atoms. The summed E-state index contributed by atoms with van der Waals surface area (Å²) in [6.45, 7) is 7.33. The van der Waals surface area contributed by atoms with Crippen LogP contribution >= 0.6 is 0 Å². The van der Waals surface area contributed by atoms with Gasteiger partial charge in [0.2, 0.25) is 0 Å². The minimum Gasteiger partial charge on any atom is -0.385 e. The maximum absolute atomic E-state index is 4.13. The second kappa shape index (κ2) is 6.04. The molecule has 0 saturated heterocycles. The van der Waals surface area contributed by atoms with Gasteiger partial charge in [-0.1, -0.05) is 56.0 Å². The highest BCUT2D eigenvalue weighted by Crippen LogP contribution is 2.34. The summed E-state index contributed by atoms with van der Waals surface area (Å²) in [4.78, 5) is 0. The predicted molar refractivity (Wildman–Crippen MR) is 90.3 cm³/mol. The molecule has 2 heteroatoms. The Hall–Kier alpha value is -2.22. The van der Waals surface area contributed by atoms with Crippen molar-refractivity contribution in [2.45, 2.75) is 25.8 Å². The number of nitrogens with one attached hydrogen (secondary N) is 2. The van der Waals surface area contributed by atoms with Gasteiger partial charge in [-0.05, 0) is 30.0 Å². The van der Waals surface area contributed by atoms with E-state index in [-0.39, 0.29) is 0 Å². The molecular formula is C19H22N2. The standard InChI is InChI=1S/C19H22N2/c1-3-12-20-18-11-7-4-8-15(18)13-19-17-10-6-5-9-16(17)14(2)21-19/h4-11,19-21H,2-3,12-13H2,1H3. The minimum absolute atomic E-state index is 0.318. The third kappa shape index (κ3) is 2.80. The summed E-state index contributed by atoms with van der Waals surface area (Å²) in [6, 6.07) is 17.4. The van der Waals surface area contributed by atoms with Gasteiger partial charge in [0.1, 0.15) is 0 Å². The van der Waals surface area contributed by atoms with Gasteiger partial charge in [-0.15, -0.1) is 0 Å². The van der Waals surface area contributed by atoms with Gasteiger partial charge >= 0.3 is 0 Å². The first-order valence-electron chi connectivity index (χ1n) is 7.66. The summed E-state index contributed by atoms with van der Waals surface area (Å²) in [5, 5.41) is 7.05. The Balaban J connectivity index is 1.84. The Labute approximate surface area is 126 Å². The zero-order valence-corrected chi connectivity index (χ0v) is 12.5. The average Bonchev–Trinajstić information content (AvgIpc) is 2.83. The fraction of sp³-hybridized carbons (Fsp3) is 0.263. The Morgan fingerprint density at radius 2 is 1.86 bits per heavy atom. The number of hydrogen-bond acceptors (Lipinski definition) is 2. The zero-order valence-electron chi connectivity index (χ0n) is 12.5. The normalized spacial score (nSPS) is 16.4. The van der Waals surface area contributed by atoms with E-state index in [4.69, 9.17) is 0 Å². The Morgan fingerprint density at radius 1 is 1.10 bits per heavy atom. The van der Waals surface area contributed by atoms with Crippen molar-refractivity contribution in [3.05, 3.63) is 71.8 Å². The van der Waals surface area contributed by atoms with Crippen molar-refractivity contribution in [1.29, 1.82) is 0 Å². The number of hydrogen-bond donors (Lipinski definition) is 2. The van der Waals surface area contributed by atoms with Crippen LogP contribution in [0.5, 0.6) is 0 Å². The molecule has 0 radical (unpaired) electrons. The van der Waals surface area contributed by atoms with Crippen molar-refractivity contribution in [3.8, 4) is 0 Å². The number of anilines is 1. The molecule has 0 aromatic heterocycles. The van der Waals surface area contributed by atoms with Crippen LogP contribution in [0.4, 0.5) is 5.69 Å². The van der Waals surface area contributed by atoms with Crippen LogP contribution in [0, 0.1) is 0 Å². The molecule has 1 aliphatic heterocycles. The van der Waals surface area contributed by atoms with E-state index >= 15 is 0 Å². The maximum Gasteiger partial charge on any atom is 0.0561 e. The lowest BCUT2D eigenvalue weighted by Gasteiger charge is -2.16. The van der Waals surface area contributed by atoms with E-state index in [1.54, 1.807) is 0 Å². The molecule has 0 bridgehead atoms. The SMILES string of the molecule is C=C1NC(Cc2ccccc2NCCC)c2ccccc21. The van der Waals surface area contributed by atoms with E-state index in [0.29, 0.717) is 6.04 Å². The lowest BCUT2D eigenvalue weighted by Crippen LogP contribution is -2.15. The fourth-order valence-corrected chi connectivity index (χ4v) is 2.95. The largest absolute Gasteiger partial charge is 0.385 e. The molecule has 1 atom stereocenters. The molecule has 0 saturated carbocycles. The first kappa shape index (κ1) is 13.7. The average molecular weight is 278 g/mol. The van der Waals surface area contributed by atoms with E-state index in [1.165, 1.54) is 22.4 Å². The van der Waals surface area contributed by atoms with Crippen molar-refractivity contribution in [1.82, 2.24) is 5.32 Å². The summed E-state index contributed by atoms with van der Waals surface area (Å²) in [5.74, 6) is 0. The molecule has 2 aromatic rings. The molecule has 1 unspecified atom stereocenters. The predicted octanol–water partition coefficient (Wildman–Crippen LogP) is 4.37. The smallest absolute Gasteiger partial charge is 0.0561 e. The summed E-state index contributed by atoms with van der Waals surface area (Å²) >= 11 is 0. The first-order chi connectivity index (χ1) is 10.3. The number of benzene rings is 2. The Morgan fingerprint density at radius 3 is 2.71 bits per heavy atom. The molecule has 108 valence electrons. The quantitative estimate of drug-likeness (QED) is 0.849. The Bertz CT molecular complexity index is 646. The summed E-state index contributed by atoms with van der Waals surface area (Å²) in [6.07, 6.45) is 2.11. The van der Waals surface area contributed by atoms with Gasteiger partial charge in [-0.25, -0.2) is 0 Å². The molecule has 0 amide bonds. The second-order valence-electron chi connectivity index (χ2n) is 5.55. The zero-order chi connectivity index (χ0) is 14.7. The highest BCUT2D eigenvalue weighted by atomic mass is 15.0. The number of fused-ring (bicyclic) bond motifs is 1. The van der Waals surface area contributed by atoms with Crippen LogP contribution in [-0.4, -0.2) is 6.54 Å². The van der Waals surface area contributed by atoms with Crippen LogP contribution in [0.25, 0.3) is 5.70 Å². The summed E-state index contributed by atoms with van der Waals surface area (Å²) in [5.41, 5.74) is 6.24. The lowest BCUT2D eigenvalue weighted by molar-refractivity contribution is 0.659. The van der Waals surface area contributed by atoms with Crippen LogP contribution in [0.3, 0.4) is 0 Å². The van der Waals surface area contributed by atoms with Gasteiger partial charge in [0.25, 0.3) is 0 Å². The van der Waals surface area contributed by atoms with E-state index in [0.717, 1.165) is 25.1 Å². The van der Waals surface area contributed by atoms with Crippen molar-refractivity contribution >= 4 is 11.4 Å². The number of para-hydroxylation sites is 1. The van der Waals surface area contributed by atoms with Crippen LogP contribution in [0.2, 0.25) is 0 Å². The van der Waals surface area contributed by atoms with E-state index < -0.39 is 0 Å². The molecule has 2 N–H and O–H groups in total. The molecule has 2 aromatic carbocycles. The molecule has 1 aliphatic rings. The van der Waals surface area contributed by atoms with E-state index in [2.05, 4.69) is 72.7 Å². The van der Waals surface area contributed by atoms with Crippen LogP contribution in [-0.2, 0) is 6.42 Å². The Kier molecular flexibility index (Phi) is 3.96. The fourth-order valence-electron chi connectivity index (χ4n) is 2.95. The van der Waals surface area contributed by atoms with Gasteiger partial charge < -0.3 is 10.6 Å². The van der Waals surface area contributed by atoms with Gasteiger partial charge in [-0.3, -0.25) is 0 Å². The third-order valence-corrected chi connectivity index (χ3v) is 4.02. The topological polar surface area (TPSA) is 24.1 Å². The van der Waals surface area contributed by atoms with E-state index in [1.807, 2.05) is 0 Å². The molecule has 0 aliphatic carbocycles. The van der Waals surface area contributed by atoms with Crippen molar-refractivity contribution in [2.75, 3.05) is 11.9 Å². The monoisotopic (exact) mass is 278 g/mol. The highest BCUT2D eigenvalue weighted by molar-refractivity contribution is 5.70. The maximum atomic E-state index is 4.13. The highest BCUT2D eigenvalue weighted by Gasteiger charge is 2.24. The van der Waals surface area contributed by atoms with E-state index in [9.17, 15) is 0 Å². The lowest BCUT2D eigenvalue weighted by atomic mass is 9.97. The third-order valence-electron chi connectivity index (χ3n) is 4.02. The van der Waals surface area contributed by atoms with Crippen LogP contribution in [0.1, 0.15) is 36.1 Å². The van der Waals surface area contributed by atoms with Crippen molar-refractivity contribution in [3.63, 3.8) is 0 Å². The van der Waals surface area contributed by atoms with Gasteiger partial charge in [0, 0.05) is 23.5 Å². The molecule has 21 heavy (non-hydrogen) atoms. The van der Waals surface area contributed by atoms with Crippen LogP contribution < -0.4 is 10.6 Å². The first-order valence-corrected chi connectivity index (χ1v) is 7.66. The van der Waals surface area contributed by atoms with Crippen molar-refractivity contribution < 1.29 is 0 Å². The summed E-state index contributed by atoms with van der Waals surface area (Å²) in [7, 11) is 0. The summed E-state index contributed by atoms with van der Waals surface area (Å²) < 4.78 is 0. The van der Waals surface area contributed by atoms with Gasteiger partial charge in [-0.2, -0.15) is 0 Å². The molecular weight excluding hydrogens is 256 g/mol. The minimum atomic E-state index is 0.318. The molecule has 3 rings (SSSR count). The van der Waals surface area contributed by atoms with Crippen LogP contribution in [0.15, 0.2) is 55.1 Å². The molecule has 0 fully saturated rings. The van der Waals surface area contributed by atoms with Crippen molar-refractivity contribution in [2.24, 2.45) is 0 Å². The molecule has 2 nitrogen and oxygen atoms in total. The van der Waals surface area contributed by atoms with Gasteiger partial charge in [0.05, 0.1) is 6.04 Å². The van der Waals surface area contributed by atoms with Gasteiger partial charge in [0.15, 0.2) is 0 Å².